The number of ether oxygens (including phenoxy) is 4. The molecule has 0 spiro atoms. The zero-order chi connectivity index (χ0) is 45.1. The summed E-state index contributed by atoms with van der Waals surface area (Å²) in [5.74, 6) is 1.50. The summed E-state index contributed by atoms with van der Waals surface area (Å²) >= 11 is 0. The minimum atomic E-state index is -0.946. The lowest BCUT2D eigenvalue weighted by atomic mass is 9.90. The predicted molar refractivity (Wildman–Crippen MR) is 243 cm³/mol. The molecule has 1 aliphatic carbocycles. The van der Waals surface area contributed by atoms with Crippen LogP contribution < -0.4 is 15.4 Å². The monoisotopic (exact) mass is 879 g/mol. The van der Waals surface area contributed by atoms with E-state index in [0.29, 0.717) is 49.9 Å². The average molecular weight is 880 g/mol. The molecule has 65 heavy (non-hydrogen) atoms. The molecule has 0 bridgehead atoms. The molecule has 7 atom stereocenters. The van der Waals surface area contributed by atoms with Gasteiger partial charge in [0.15, 0.2) is 0 Å². The number of piperidine rings is 1. The lowest BCUT2D eigenvalue weighted by molar-refractivity contribution is -0.135. The molecule has 5 heterocycles. The van der Waals surface area contributed by atoms with Gasteiger partial charge in [-0.25, -0.2) is 14.6 Å². The number of hydrogen-bond acceptors (Lipinski definition) is 10. The fourth-order valence-corrected chi connectivity index (χ4v) is 10.5. The lowest BCUT2D eigenvalue weighted by Gasteiger charge is -2.33. The standard InChI is InChI=1S/C50H53N7O8/c1-26(2)44(54-49(60)63-4)48(59)57-40-18-31(40)19-41(57)38-21-36-34-17-32-25-65-43-20-30(11-13-33(43)35(32)16-29(34)12-14-37(36)52-38)39-22-51-46(53-39)42-15-27(24-62-3)23-56(42)47(58)45(55-50(61)64-5)28-9-7-6-8-10-28/h6-14,16-17,20,22,26-27,31,40-42,44-45H,15,18-19,21,23-25H2,1-5H3,(H,51,53)(H,54,60)(H,55,61)/t27-,31+,40+,41-,42-,44-,45+/m0/s1. The SMILES string of the molecule is COC[C@H]1C[C@@H](c2ncc(-c3ccc4c(c3)OCc3cc5c6c(ccc5cc3-4)N=C([C@@H]3C[C@H]4C[C@H]4N3C(=O)[C@@H](NC(=O)OC)C(C)C)C6)[nH]2)N(C(=O)[C@H](NC(=O)OC)c2ccccc2)C1. The molecular weight excluding hydrogens is 827 g/mol. The Labute approximate surface area is 376 Å². The molecule has 4 amide bonds. The van der Waals surface area contributed by atoms with Crippen molar-refractivity contribution in [1.82, 2.24) is 30.4 Å². The lowest BCUT2D eigenvalue weighted by Crippen LogP contribution is -2.55. The number of carbonyl (C=O) groups is 4. The number of amides is 4. The molecule has 1 saturated carbocycles. The Bertz CT molecular complexity index is 2730. The van der Waals surface area contributed by atoms with E-state index in [1.165, 1.54) is 14.2 Å². The Morgan fingerprint density at radius 3 is 2.45 bits per heavy atom. The van der Waals surface area contributed by atoms with E-state index in [9.17, 15) is 19.2 Å². The van der Waals surface area contributed by atoms with Gasteiger partial charge in [-0.05, 0) is 94.5 Å². The molecule has 5 aliphatic rings. The number of hydrogen-bond donors (Lipinski definition) is 3. The van der Waals surface area contributed by atoms with Crippen LogP contribution in [0, 0.1) is 17.8 Å². The van der Waals surface area contributed by atoms with Crippen LogP contribution in [0.15, 0.2) is 84.0 Å². The van der Waals surface area contributed by atoms with Crippen molar-refractivity contribution in [2.24, 2.45) is 22.7 Å². The van der Waals surface area contributed by atoms with Gasteiger partial charge in [0, 0.05) is 48.9 Å². The molecule has 1 aromatic heterocycles. The van der Waals surface area contributed by atoms with Crippen LogP contribution in [-0.2, 0) is 36.8 Å². The zero-order valence-electron chi connectivity index (χ0n) is 37.1. The molecular formula is C50H53N7O8. The highest BCUT2D eigenvalue weighted by atomic mass is 16.5. The molecule has 4 aliphatic heterocycles. The van der Waals surface area contributed by atoms with Gasteiger partial charge in [-0.15, -0.1) is 0 Å². The Morgan fingerprint density at radius 2 is 1.68 bits per heavy atom. The normalized spacial score (nSPS) is 22.2. The summed E-state index contributed by atoms with van der Waals surface area (Å²) in [6.07, 6.45) is 3.64. The van der Waals surface area contributed by atoms with E-state index >= 15 is 0 Å². The van der Waals surface area contributed by atoms with Gasteiger partial charge in [-0.1, -0.05) is 56.3 Å². The van der Waals surface area contributed by atoms with Crippen molar-refractivity contribution in [1.29, 1.82) is 0 Å². The molecule has 5 aromatic rings. The first kappa shape index (κ1) is 42.2. The number of imidazole rings is 1. The number of rotatable bonds is 11. The first-order chi connectivity index (χ1) is 31.5. The van der Waals surface area contributed by atoms with E-state index in [1.54, 1.807) is 18.2 Å². The summed E-state index contributed by atoms with van der Waals surface area (Å²) in [7, 11) is 4.24. The molecule has 336 valence electrons. The molecule has 3 fully saturated rings. The number of aromatic nitrogens is 2. The van der Waals surface area contributed by atoms with Crippen LogP contribution in [0.1, 0.15) is 67.7 Å². The van der Waals surface area contributed by atoms with Crippen molar-refractivity contribution < 1.29 is 38.1 Å². The van der Waals surface area contributed by atoms with Crippen LogP contribution in [0.2, 0.25) is 0 Å². The highest BCUT2D eigenvalue weighted by molar-refractivity contribution is 6.06. The van der Waals surface area contributed by atoms with Crippen LogP contribution in [0.5, 0.6) is 5.75 Å². The second kappa shape index (κ2) is 17.0. The van der Waals surface area contributed by atoms with E-state index in [4.69, 9.17) is 28.9 Å². The van der Waals surface area contributed by atoms with Gasteiger partial charge >= 0.3 is 12.2 Å². The summed E-state index contributed by atoms with van der Waals surface area (Å²) in [6, 6.07) is 22.1. The van der Waals surface area contributed by atoms with Crippen LogP contribution in [-0.4, -0.2) is 102 Å². The summed E-state index contributed by atoms with van der Waals surface area (Å²) in [6.45, 7) is 5.19. The van der Waals surface area contributed by atoms with Crippen molar-refractivity contribution in [2.75, 3.05) is 34.5 Å². The molecule has 15 nitrogen and oxygen atoms in total. The Balaban J connectivity index is 0.883. The quantitative estimate of drug-likeness (QED) is 0.122. The maximum Gasteiger partial charge on any atom is 0.407 e. The maximum atomic E-state index is 14.3. The molecule has 2 saturated heterocycles. The van der Waals surface area contributed by atoms with Crippen molar-refractivity contribution in [3.8, 4) is 28.1 Å². The van der Waals surface area contributed by atoms with Crippen molar-refractivity contribution >= 4 is 46.2 Å². The molecule has 0 radical (unpaired) electrons. The first-order valence-electron chi connectivity index (χ1n) is 22.4. The van der Waals surface area contributed by atoms with Crippen LogP contribution >= 0.6 is 0 Å². The summed E-state index contributed by atoms with van der Waals surface area (Å²) < 4.78 is 21.7. The van der Waals surface area contributed by atoms with E-state index in [2.05, 4.69) is 52.0 Å². The van der Waals surface area contributed by atoms with Crippen molar-refractivity contribution in [2.45, 2.75) is 76.3 Å². The van der Waals surface area contributed by atoms with E-state index < -0.39 is 24.3 Å². The third-order valence-corrected chi connectivity index (χ3v) is 13.9. The second-order valence-electron chi connectivity index (χ2n) is 18.2. The number of benzene rings is 4. The van der Waals surface area contributed by atoms with Gasteiger partial charge in [0.05, 0.1) is 50.5 Å². The first-order valence-corrected chi connectivity index (χ1v) is 22.4. The Kier molecular flexibility index (Phi) is 11.0. The number of aliphatic imine (C=N–C) groups is 1. The number of fused-ring (bicyclic) bond motifs is 7. The van der Waals surface area contributed by atoms with Gasteiger partial charge in [0.2, 0.25) is 5.91 Å². The highest BCUT2D eigenvalue weighted by Crippen LogP contribution is 2.51. The van der Waals surface area contributed by atoms with E-state index in [1.807, 2.05) is 55.1 Å². The Morgan fingerprint density at radius 1 is 0.877 bits per heavy atom. The molecule has 15 heteroatoms. The summed E-state index contributed by atoms with van der Waals surface area (Å²) in [5.41, 5.74) is 8.61. The van der Waals surface area contributed by atoms with Gasteiger partial charge in [-0.2, -0.15) is 0 Å². The topological polar surface area (TPSA) is 177 Å². The highest BCUT2D eigenvalue weighted by Gasteiger charge is 2.56. The zero-order valence-corrected chi connectivity index (χ0v) is 37.1. The fourth-order valence-electron chi connectivity index (χ4n) is 10.5. The predicted octanol–water partition coefficient (Wildman–Crippen LogP) is 7.42. The van der Waals surface area contributed by atoms with Gasteiger partial charge in [0.1, 0.15) is 30.3 Å². The number of nitrogens with zero attached hydrogens (tertiary/aromatic N) is 4. The van der Waals surface area contributed by atoms with Gasteiger partial charge in [0.25, 0.3) is 5.91 Å². The van der Waals surface area contributed by atoms with Crippen LogP contribution in [0.25, 0.3) is 33.2 Å². The third kappa shape index (κ3) is 7.74. The maximum absolute atomic E-state index is 14.3. The smallest absolute Gasteiger partial charge is 0.407 e. The fraction of sp³-hybridized carbons (Fsp3) is 0.400. The molecule has 0 unspecified atom stereocenters. The number of alkyl carbamates (subject to hydrolysis) is 2. The van der Waals surface area contributed by atoms with E-state index in [-0.39, 0.29) is 41.8 Å². The largest absolute Gasteiger partial charge is 0.488 e. The number of nitrogens with one attached hydrogen (secondary N) is 3. The third-order valence-electron chi connectivity index (χ3n) is 13.9. The number of carbonyl (C=O) groups excluding carboxylic acids is 4. The number of likely N-dealkylation sites (tertiary alicyclic amines) is 2. The van der Waals surface area contributed by atoms with Gasteiger partial charge in [-0.3, -0.25) is 14.6 Å². The average Bonchev–Trinajstić information content (AvgIpc) is 3.79. The van der Waals surface area contributed by atoms with Crippen molar-refractivity contribution in [3.05, 3.63) is 102 Å². The van der Waals surface area contributed by atoms with Crippen LogP contribution in [0.3, 0.4) is 0 Å². The second-order valence-corrected chi connectivity index (χ2v) is 18.2. The number of H-pyrrole nitrogens is 1. The van der Waals surface area contributed by atoms with Gasteiger partial charge < -0.3 is 44.4 Å². The summed E-state index contributed by atoms with van der Waals surface area (Å²) in [5, 5.41) is 7.76. The molecule has 4 aromatic carbocycles. The van der Waals surface area contributed by atoms with Crippen LogP contribution in [0.4, 0.5) is 15.3 Å². The van der Waals surface area contributed by atoms with E-state index in [0.717, 1.165) is 74.3 Å². The van der Waals surface area contributed by atoms with Crippen molar-refractivity contribution in [3.63, 3.8) is 0 Å². The Hall–Kier alpha value is -6.74. The molecule has 10 rings (SSSR count). The minimum absolute atomic E-state index is 0.0700. The molecule has 3 N–H and O–H groups in total. The minimum Gasteiger partial charge on any atom is -0.488 e. The summed E-state index contributed by atoms with van der Waals surface area (Å²) in [4.78, 5) is 70.3. The number of methoxy groups -OCH3 is 3. The number of aromatic amines is 1.